The average Bonchev–Trinajstić information content (AvgIpc) is 2.69. The molecule has 1 aliphatic heterocycles. The first-order valence-electron chi connectivity index (χ1n) is 8.77. The third-order valence-corrected chi connectivity index (χ3v) is 4.87. The second kappa shape index (κ2) is 8.19. The van der Waals surface area contributed by atoms with Crippen LogP contribution in [-0.4, -0.2) is 41.7 Å². The summed E-state index contributed by atoms with van der Waals surface area (Å²) in [4.78, 5) is 18.6. The zero-order chi connectivity index (χ0) is 18.5. The molecule has 1 aromatic heterocycles. The maximum absolute atomic E-state index is 11.8. The van der Waals surface area contributed by atoms with Crippen LogP contribution < -0.4 is 9.47 Å². The Balaban J connectivity index is 1.97. The highest BCUT2D eigenvalue weighted by molar-refractivity contribution is 5.91. The van der Waals surface area contributed by atoms with Crippen molar-refractivity contribution in [3.8, 4) is 11.5 Å². The zero-order valence-corrected chi connectivity index (χ0v) is 15.1. The van der Waals surface area contributed by atoms with E-state index < -0.39 is 5.97 Å². The Labute approximate surface area is 153 Å². The van der Waals surface area contributed by atoms with Crippen molar-refractivity contribution in [3.05, 3.63) is 53.3 Å². The molecule has 1 fully saturated rings. The van der Waals surface area contributed by atoms with Crippen LogP contribution in [0.1, 0.15) is 46.9 Å². The summed E-state index contributed by atoms with van der Waals surface area (Å²) in [6.45, 7) is 1.39. The summed E-state index contributed by atoms with van der Waals surface area (Å²) < 4.78 is 10.7. The van der Waals surface area contributed by atoms with Crippen LogP contribution in [0.15, 0.2) is 36.5 Å². The molecule has 6 nitrogen and oxygen atoms in total. The minimum atomic E-state index is -0.983. The van der Waals surface area contributed by atoms with Gasteiger partial charge in [-0.3, -0.25) is 9.88 Å². The minimum absolute atomic E-state index is 0.179. The average molecular weight is 356 g/mol. The van der Waals surface area contributed by atoms with Gasteiger partial charge in [0.2, 0.25) is 0 Å². The summed E-state index contributed by atoms with van der Waals surface area (Å²) in [6.07, 6.45) is 5.05. The third-order valence-electron chi connectivity index (χ3n) is 4.87. The molecule has 1 aromatic carbocycles. The highest BCUT2D eigenvalue weighted by Gasteiger charge is 2.28. The van der Waals surface area contributed by atoms with E-state index in [4.69, 9.17) is 9.47 Å². The molecule has 1 aliphatic rings. The van der Waals surface area contributed by atoms with Gasteiger partial charge in [-0.2, -0.15) is 0 Å². The van der Waals surface area contributed by atoms with Crippen molar-refractivity contribution in [3.63, 3.8) is 0 Å². The van der Waals surface area contributed by atoms with Gasteiger partial charge in [0.1, 0.15) is 11.5 Å². The minimum Gasteiger partial charge on any atom is -0.497 e. The predicted molar refractivity (Wildman–Crippen MR) is 97.7 cm³/mol. The third kappa shape index (κ3) is 3.80. The summed E-state index contributed by atoms with van der Waals surface area (Å²) in [7, 11) is 3.07. The number of pyridine rings is 1. The summed E-state index contributed by atoms with van der Waals surface area (Å²) in [5.41, 5.74) is 1.91. The van der Waals surface area contributed by atoms with Gasteiger partial charge in [0.05, 0.1) is 31.5 Å². The molecule has 0 radical (unpaired) electrons. The molecule has 26 heavy (non-hydrogen) atoms. The Bertz CT molecular complexity index is 764. The molecule has 1 atom stereocenters. The fraction of sp³-hybridized carbons (Fsp3) is 0.400. The molecule has 6 heteroatoms. The first kappa shape index (κ1) is 18.2. The highest BCUT2D eigenvalue weighted by atomic mass is 16.5. The number of nitrogens with zero attached hydrogens (tertiary/aromatic N) is 2. The molecule has 1 unspecified atom stereocenters. The van der Waals surface area contributed by atoms with Gasteiger partial charge >= 0.3 is 5.97 Å². The van der Waals surface area contributed by atoms with Gasteiger partial charge in [0, 0.05) is 24.4 Å². The van der Waals surface area contributed by atoms with Crippen molar-refractivity contribution in [1.29, 1.82) is 0 Å². The fourth-order valence-corrected chi connectivity index (χ4v) is 3.57. The number of aromatic carboxylic acids is 1. The second-order valence-electron chi connectivity index (χ2n) is 6.40. The van der Waals surface area contributed by atoms with Crippen LogP contribution in [0.3, 0.4) is 0 Å². The molecule has 138 valence electrons. The molecular formula is C20H24N2O4. The maximum atomic E-state index is 11.8. The summed E-state index contributed by atoms with van der Waals surface area (Å²) in [5.74, 6) is 0.0265. The molecule has 0 aliphatic carbocycles. The lowest BCUT2D eigenvalue weighted by atomic mass is 9.96. The van der Waals surface area contributed by atoms with Crippen molar-refractivity contribution in [1.82, 2.24) is 9.88 Å². The molecule has 0 bridgehead atoms. The van der Waals surface area contributed by atoms with Crippen LogP contribution in [0.25, 0.3) is 0 Å². The SMILES string of the molecule is COc1cc(OC)c(CN2CCCCC2c2ccccn2)c(C(=O)O)c1. The number of carbonyl (C=O) groups is 1. The van der Waals surface area contributed by atoms with E-state index >= 15 is 0 Å². The van der Waals surface area contributed by atoms with E-state index in [0.717, 1.165) is 31.5 Å². The Kier molecular flexibility index (Phi) is 5.73. The zero-order valence-electron chi connectivity index (χ0n) is 15.1. The van der Waals surface area contributed by atoms with E-state index in [1.807, 2.05) is 18.2 Å². The lowest BCUT2D eigenvalue weighted by Crippen LogP contribution is -2.34. The van der Waals surface area contributed by atoms with Crippen LogP contribution in [0, 0.1) is 0 Å². The predicted octanol–water partition coefficient (Wildman–Crippen LogP) is 3.52. The molecule has 0 saturated carbocycles. The van der Waals surface area contributed by atoms with Gasteiger partial charge in [-0.1, -0.05) is 12.5 Å². The Hall–Kier alpha value is -2.60. The topological polar surface area (TPSA) is 71.9 Å². The van der Waals surface area contributed by atoms with E-state index in [2.05, 4.69) is 9.88 Å². The molecular weight excluding hydrogens is 332 g/mol. The van der Waals surface area contributed by atoms with Crippen molar-refractivity contribution in [2.75, 3.05) is 20.8 Å². The van der Waals surface area contributed by atoms with E-state index in [9.17, 15) is 9.90 Å². The van der Waals surface area contributed by atoms with E-state index in [0.29, 0.717) is 23.6 Å². The fourth-order valence-electron chi connectivity index (χ4n) is 3.57. The van der Waals surface area contributed by atoms with Crippen LogP contribution in [0.2, 0.25) is 0 Å². The lowest BCUT2D eigenvalue weighted by Gasteiger charge is -2.36. The van der Waals surface area contributed by atoms with Gasteiger partial charge in [-0.15, -0.1) is 0 Å². The molecule has 3 rings (SSSR count). The Morgan fingerprint density at radius 2 is 2.12 bits per heavy atom. The number of methoxy groups -OCH3 is 2. The number of carboxylic acid groups (broad SMARTS) is 1. The Morgan fingerprint density at radius 3 is 2.77 bits per heavy atom. The largest absolute Gasteiger partial charge is 0.497 e. The Morgan fingerprint density at radius 1 is 1.27 bits per heavy atom. The molecule has 2 aromatic rings. The number of benzene rings is 1. The van der Waals surface area contributed by atoms with Crippen LogP contribution in [-0.2, 0) is 6.54 Å². The molecule has 0 spiro atoms. The smallest absolute Gasteiger partial charge is 0.336 e. The molecule has 0 amide bonds. The van der Waals surface area contributed by atoms with Gasteiger partial charge < -0.3 is 14.6 Å². The van der Waals surface area contributed by atoms with Gasteiger partial charge in [-0.05, 0) is 37.6 Å². The van der Waals surface area contributed by atoms with E-state index in [1.165, 1.54) is 7.11 Å². The van der Waals surface area contributed by atoms with Gasteiger partial charge in [0.25, 0.3) is 0 Å². The monoisotopic (exact) mass is 356 g/mol. The van der Waals surface area contributed by atoms with Crippen molar-refractivity contribution in [2.45, 2.75) is 31.8 Å². The standard InChI is InChI=1S/C20H24N2O4/c1-25-14-11-15(20(23)24)16(19(12-14)26-2)13-22-10-6-4-8-18(22)17-7-3-5-9-21-17/h3,5,7,9,11-12,18H,4,6,8,10,13H2,1-2H3,(H,23,24). The number of likely N-dealkylation sites (tertiary alicyclic amines) is 1. The number of piperidine rings is 1. The second-order valence-corrected chi connectivity index (χ2v) is 6.40. The number of rotatable bonds is 6. The summed E-state index contributed by atoms with van der Waals surface area (Å²) in [6, 6.07) is 9.41. The molecule has 1 N–H and O–H groups in total. The van der Waals surface area contributed by atoms with Crippen molar-refractivity contribution in [2.24, 2.45) is 0 Å². The van der Waals surface area contributed by atoms with Gasteiger partial charge in [-0.25, -0.2) is 4.79 Å². The van der Waals surface area contributed by atoms with Crippen LogP contribution in [0.5, 0.6) is 11.5 Å². The van der Waals surface area contributed by atoms with Crippen LogP contribution >= 0.6 is 0 Å². The van der Waals surface area contributed by atoms with E-state index in [1.54, 1.807) is 25.4 Å². The number of hydrogen-bond acceptors (Lipinski definition) is 5. The summed E-state index contributed by atoms with van der Waals surface area (Å²) in [5, 5.41) is 9.68. The van der Waals surface area contributed by atoms with E-state index in [-0.39, 0.29) is 11.6 Å². The lowest BCUT2D eigenvalue weighted by molar-refractivity contribution is 0.0690. The first-order chi connectivity index (χ1) is 12.6. The van der Waals surface area contributed by atoms with Crippen molar-refractivity contribution < 1.29 is 19.4 Å². The first-order valence-corrected chi connectivity index (χ1v) is 8.77. The molecule has 2 heterocycles. The number of hydrogen-bond donors (Lipinski definition) is 1. The number of carboxylic acids is 1. The molecule has 1 saturated heterocycles. The van der Waals surface area contributed by atoms with Crippen molar-refractivity contribution >= 4 is 5.97 Å². The quantitative estimate of drug-likeness (QED) is 0.854. The number of ether oxygens (including phenoxy) is 2. The number of aromatic nitrogens is 1. The summed E-state index contributed by atoms with van der Waals surface area (Å²) >= 11 is 0. The van der Waals surface area contributed by atoms with Gasteiger partial charge in [0.15, 0.2) is 0 Å². The van der Waals surface area contributed by atoms with Crippen LogP contribution in [0.4, 0.5) is 0 Å². The maximum Gasteiger partial charge on any atom is 0.336 e. The highest BCUT2D eigenvalue weighted by Crippen LogP contribution is 2.35. The normalized spacial score (nSPS) is 17.7.